The number of halogens is 1. The van der Waals surface area contributed by atoms with E-state index >= 15 is 0 Å². The maximum Gasteiger partial charge on any atom is 0.254 e. The molecule has 0 spiro atoms. The molecule has 3 nitrogen and oxygen atoms in total. The molecule has 0 unspecified atom stereocenters. The normalized spacial score (nSPS) is 19.9. The van der Waals surface area contributed by atoms with E-state index in [-0.39, 0.29) is 18.3 Å². The molecule has 128 valence electrons. The van der Waals surface area contributed by atoms with Crippen molar-refractivity contribution in [2.24, 2.45) is 11.7 Å². The molecule has 1 fully saturated rings. The van der Waals surface area contributed by atoms with E-state index in [1.807, 2.05) is 43.0 Å². The Balaban J connectivity index is 0.00000208. The molecule has 3 rings (SSSR count). The number of benzene rings is 2. The van der Waals surface area contributed by atoms with Crippen LogP contribution in [0, 0.1) is 19.8 Å². The Morgan fingerprint density at radius 3 is 2.50 bits per heavy atom. The van der Waals surface area contributed by atoms with Gasteiger partial charge in [-0.3, -0.25) is 4.79 Å². The Morgan fingerprint density at radius 1 is 1.12 bits per heavy atom. The van der Waals surface area contributed by atoms with Gasteiger partial charge in [-0.15, -0.1) is 12.4 Å². The summed E-state index contributed by atoms with van der Waals surface area (Å²) in [5, 5.41) is 0. The van der Waals surface area contributed by atoms with E-state index in [2.05, 4.69) is 24.3 Å². The van der Waals surface area contributed by atoms with Crippen LogP contribution in [0.1, 0.15) is 33.0 Å². The van der Waals surface area contributed by atoms with Gasteiger partial charge in [0.15, 0.2) is 0 Å². The smallest absolute Gasteiger partial charge is 0.254 e. The number of carbonyl (C=O) groups is 1. The lowest BCUT2D eigenvalue weighted by Gasteiger charge is -2.18. The van der Waals surface area contributed by atoms with Gasteiger partial charge in [0.25, 0.3) is 5.91 Å². The Kier molecular flexibility index (Phi) is 6.03. The van der Waals surface area contributed by atoms with Gasteiger partial charge in [0.2, 0.25) is 0 Å². The molecule has 1 aliphatic rings. The van der Waals surface area contributed by atoms with Crippen molar-refractivity contribution in [3.05, 3.63) is 70.8 Å². The zero-order chi connectivity index (χ0) is 16.4. The maximum atomic E-state index is 12.9. The molecule has 2 atom stereocenters. The molecule has 2 N–H and O–H groups in total. The number of hydrogen-bond donors (Lipinski definition) is 1. The lowest BCUT2D eigenvalue weighted by atomic mass is 9.89. The van der Waals surface area contributed by atoms with Crippen LogP contribution in [0.25, 0.3) is 0 Å². The lowest BCUT2D eigenvalue weighted by molar-refractivity contribution is 0.0785. The molecule has 2 aromatic rings. The number of amides is 1. The van der Waals surface area contributed by atoms with Crippen molar-refractivity contribution < 1.29 is 4.79 Å². The van der Waals surface area contributed by atoms with Crippen LogP contribution >= 0.6 is 12.4 Å². The van der Waals surface area contributed by atoms with E-state index in [0.29, 0.717) is 18.4 Å². The molecule has 0 saturated carbocycles. The second-order valence-corrected chi connectivity index (χ2v) is 6.54. The van der Waals surface area contributed by atoms with E-state index in [4.69, 9.17) is 5.73 Å². The van der Waals surface area contributed by atoms with Crippen molar-refractivity contribution in [1.29, 1.82) is 0 Å². The summed E-state index contributed by atoms with van der Waals surface area (Å²) in [5.74, 6) is 0.782. The third-order valence-corrected chi connectivity index (χ3v) is 4.88. The van der Waals surface area contributed by atoms with Gasteiger partial charge in [-0.25, -0.2) is 0 Å². The number of likely N-dealkylation sites (tertiary alicyclic amines) is 1. The molecule has 0 bridgehead atoms. The Labute approximate surface area is 150 Å². The molecular formula is C20H25ClN2O. The molecule has 0 aromatic heterocycles. The minimum absolute atomic E-state index is 0. The van der Waals surface area contributed by atoms with Crippen molar-refractivity contribution >= 4 is 18.3 Å². The molecule has 1 saturated heterocycles. The van der Waals surface area contributed by atoms with Crippen molar-refractivity contribution in [2.45, 2.75) is 19.8 Å². The van der Waals surface area contributed by atoms with Crippen LogP contribution < -0.4 is 5.73 Å². The Bertz CT molecular complexity index is 702. The molecule has 0 radical (unpaired) electrons. The van der Waals surface area contributed by atoms with Crippen LogP contribution in [-0.2, 0) is 0 Å². The highest BCUT2D eigenvalue weighted by atomic mass is 35.5. The molecule has 1 amide bonds. The summed E-state index contributed by atoms with van der Waals surface area (Å²) >= 11 is 0. The van der Waals surface area contributed by atoms with Crippen LogP contribution in [-0.4, -0.2) is 30.4 Å². The number of aryl methyl sites for hydroxylation is 2. The van der Waals surface area contributed by atoms with Gasteiger partial charge in [0.05, 0.1) is 0 Å². The van der Waals surface area contributed by atoms with Crippen LogP contribution in [0.2, 0.25) is 0 Å². The molecule has 2 aromatic carbocycles. The SMILES string of the molecule is Cc1ccc(C)c(C(=O)N2C[C@@H](CN)[C@H](c3ccccc3)C2)c1.Cl. The van der Waals surface area contributed by atoms with E-state index in [0.717, 1.165) is 29.8 Å². The fraction of sp³-hybridized carbons (Fsp3) is 0.350. The van der Waals surface area contributed by atoms with E-state index in [1.165, 1.54) is 5.56 Å². The van der Waals surface area contributed by atoms with Gasteiger partial charge in [-0.1, -0.05) is 48.0 Å². The van der Waals surface area contributed by atoms with Gasteiger partial charge >= 0.3 is 0 Å². The second-order valence-electron chi connectivity index (χ2n) is 6.54. The van der Waals surface area contributed by atoms with Gasteiger partial charge in [0, 0.05) is 24.6 Å². The number of hydrogen-bond acceptors (Lipinski definition) is 2. The third-order valence-electron chi connectivity index (χ3n) is 4.88. The summed E-state index contributed by atoms with van der Waals surface area (Å²) in [7, 11) is 0. The maximum absolute atomic E-state index is 12.9. The summed E-state index contributed by atoms with van der Waals surface area (Å²) < 4.78 is 0. The van der Waals surface area contributed by atoms with Crippen LogP contribution in [0.3, 0.4) is 0 Å². The zero-order valence-corrected chi connectivity index (χ0v) is 15.1. The van der Waals surface area contributed by atoms with Crippen molar-refractivity contribution in [3.8, 4) is 0 Å². The Morgan fingerprint density at radius 2 is 1.83 bits per heavy atom. The zero-order valence-electron chi connectivity index (χ0n) is 14.2. The summed E-state index contributed by atoms with van der Waals surface area (Å²) in [5.41, 5.74) is 10.2. The highest BCUT2D eigenvalue weighted by Gasteiger charge is 2.35. The van der Waals surface area contributed by atoms with Crippen molar-refractivity contribution in [2.75, 3.05) is 19.6 Å². The third kappa shape index (κ3) is 3.63. The fourth-order valence-corrected chi connectivity index (χ4v) is 3.49. The summed E-state index contributed by atoms with van der Waals surface area (Å²) in [6.45, 7) is 6.12. The van der Waals surface area contributed by atoms with Crippen LogP contribution in [0.15, 0.2) is 48.5 Å². The molecular weight excluding hydrogens is 320 g/mol. The number of carbonyl (C=O) groups excluding carboxylic acids is 1. The lowest BCUT2D eigenvalue weighted by Crippen LogP contribution is -2.30. The number of rotatable bonds is 3. The van der Waals surface area contributed by atoms with Gasteiger partial charge < -0.3 is 10.6 Å². The summed E-state index contributed by atoms with van der Waals surface area (Å²) in [6.07, 6.45) is 0. The molecule has 0 aliphatic carbocycles. The molecule has 4 heteroatoms. The first-order valence-corrected chi connectivity index (χ1v) is 8.21. The van der Waals surface area contributed by atoms with Crippen molar-refractivity contribution in [1.82, 2.24) is 4.90 Å². The first-order valence-electron chi connectivity index (χ1n) is 8.21. The fourth-order valence-electron chi connectivity index (χ4n) is 3.49. The van der Waals surface area contributed by atoms with Gasteiger partial charge in [-0.2, -0.15) is 0 Å². The largest absolute Gasteiger partial charge is 0.338 e. The minimum atomic E-state index is 0. The summed E-state index contributed by atoms with van der Waals surface area (Å²) in [4.78, 5) is 14.9. The molecule has 24 heavy (non-hydrogen) atoms. The van der Waals surface area contributed by atoms with Gasteiger partial charge in [0.1, 0.15) is 0 Å². The highest BCUT2D eigenvalue weighted by molar-refractivity contribution is 5.96. The second kappa shape index (κ2) is 7.82. The summed E-state index contributed by atoms with van der Waals surface area (Å²) in [6, 6.07) is 16.5. The standard InChI is InChI=1S/C20H24N2O.ClH/c1-14-8-9-15(2)18(10-14)20(23)22-12-17(11-21)19(13-22)16-6-4-3-5-7-16;/h3-10,17,19H,11-13,21H2,1-2H3;1H/t17-,19+;/m1./s1. The van der Waals surface area contributed by atoms with Crippen LogP contribution in [0.5, 0.6) is 0 Å². The average Bonchev–Trinajstić information content (AvgIpc) is 3.01. The molecule has 1 aliphatic heterocycles. The Hall–Kier alpha value is -1.84. The predicted molar refractivity (Wildman–Crippen MR) is 101 cm³/mol. The first-order chi connectivity index (χ1) is 11.1. The molecule has 1 heterocycles. The average molecular weight is 345 g/mol. The van der Waals surface area contributed by atoms with E-state index in [1.54, 1.807) is 0 Å². The highest BCUT2D eigenvalue weighted by Crippen LogP contribution is 2.33. The van der Waals surface area contributed by atoms with Crippen molar-refractivity contribution in [3.63, 3.8) is 0 Å². The van der Waals surface area contributed by atoms with Gasteiger partial charge in [-0.05, 0) is 43.5 Å². The van der Waals surface area contributed by atoms with Crippen LogP contribution in [0.4, 0.5) is 0 Å². The quantitative estimate of drug-likeness (QED) is 0.925. The predicted octanol–water partition coefficient (Wildman–Crippen LogP) is 3.54. The number of nitrogens with two attached hydrogens (primary N) is 1. The topological polar surface area (TPSA) is 46.3 Å². The van der Waals surface area contributed by atoms with E-state index < -0.39 is 0 Å². The van der Waals surface area contributed by atoms with E-state index in [9.17, 15) is 4.79 Å². The first kappa shape index (κ1) is 18.5. The minimum Gasteiger partial charge on any atom is -0.338 e. The monoisotopic (exact) mass is 344 g/mol. The number of nitrogens with zero attached hydrogens (tertiary/aromatic N) is 1.